The van der Waals surface area contributed by atoms with Gasteiger partial charge >= 0.3 is 5.97 Å². The lowest BCUT2D eigenvalue weighted by Crippen LogP contribution is -2.49. The van der Waals surface area contributed by atoms with Crippen molar-refractivity contribution in [3.05, 3.63) is 35.4 Å². The molecule has 0 bridgehead atoms. The van der Waals surface area contributed by atoms with Gasteiger partial charge in [0.15, 0.2) is 0 Å². The number of sulfonamides is 1. The van der Waals surface area contributed by atoms with Crippen LogP contribution in [0.2, 0.25) is 0 Å². The van der Waals surface area contributed by atoms with E-state index >= 15 is 0 Å². The summed E-state index contributed by atoms with van der Waals surface area (Å²) in [6, 6.07) is 6.42. The molecule has 6 heteroatoms. The summed E-state index contributed by atoms with van der Waals surface area (Å²) in [5, 5.41) is 9.32. The summed E-state index contributed by atoms with van der Waals surface area (Å²) >= 11 is 0. The number of carbonyl (C=O) groups is 1. The molecule has 0 saturated carbocycles. The number of hydrogen-bond acceptors (Lipinski definition) is 3. The molecule has 0 saturated heterocycles. The lowest BCUT2D eigenvalue weighted by molar-refractivity contribution is -0.141. The topological polar surface area (TPSA) is 74.7 Å². The molecule has 1 heterocycles. The van der Waals surface area contributed by atoms with E-state index in [9.17, 15) is 18.3 Å². The molecule has 5 nitrogen and oxygen atoms in total. The first kappa shape index (κ1) is 15.0. The average molecular weight is 297 g/mol. The second kappa shape index (κ2) is 5.93. The Morgan fingerprint density at radius 3 is 2.60 bits per heavy atom. The van der Waals surface area contributed by atoms with Crippen molar-refractivity contribution < 1.29 is 18.3 Å². The zero-order valence-corrected chi connectivity index (χ0v) is 12.3. The van der Waals surface area contributed by atoms with Crippen LogP contribution in [0.15, 0.2) is 24.3 Å². The molecule has 1 N–H and O–H groups in total. The molecular formula is C14H19NO4S. The molecule has 2 rings (SSSR count). The maximum absolute atomic E-state index is 12.3. The average Bonchev–Trinajstić information content (AvgIpc) is 2.43. The van der Waals surface area contributed by atoms with Gasteiger partial charge in [-0.05, 0) is 17.5 Å². The van der Waals surface area contributed by atoms with Crippen molar-refractivity contribution in [2.75, 3.05) is 5.75 Å². The minimum absolute atomic E-state index is 0.00937. The highest BCUT2D eigenvalue weighted by atomic mass is 32.2. The van der Waals surface area contributed by atoms with Crippen LogP contribution in [0.1, 0.15) is 30.9 Å². The number of nitrogens with zero attached hydrogens (tertiary/aromatic N) is 1. The van der Waals surface area contributed by atoms with Crippen LogP contribution in [0, 0.1) is 0 Å². The molecule has 0 unspecified atom stereocenters. The number of benzene rings is 1. The fourth-order valence-electron chi connectivity index (χ4n) is 2.45. The van der Waals surface area contributed by atoms with Gasteiger partial charge in [-0.25, -0.2) is 8.42 Å². The summed E-state index contributed by atoms with van der Waals surface area (Å²) in [6.07, 6.45) is 1.55. The Balaban J connectivity index is 2.33. The molecule has 20 heavy (non-hydrogen) atoms. The predicted octanol–water partition coefficient (Wildman–Crippen LogP) is 1.63. The van der Waals surface area contributed by atoms with Crippen molar-refractivity contribution in [3.63, 3.8) is 0 Å². The Bertz CT molecular complexity index is 597. The molecular weight excluding hydrogens is 278 g/mol. The molecule has 0 aliphatic carbocycles. The molecule has 0 radical (unpaired) electrons. The lowest BCUT2D eigenvalue weighted by atomic mass is 9.96. The van der Waals surface area contributed by atoms with Crippen LogP contribution in [-0.2, 0) is 27.8 Å². The van der Waals surface area contributed by atoms with Crippen LogP contribution in [0.5, 0.6) is 0 Å². The second-order valence-electron chi connectivity index (χ2n) is 5.04. The molecule has 1 aromatic rings. The maximum Gasteiger partial charge on any atom is 0.322 e. The van der Waals surface area contributed by atoms with E-state index in [-0.39, 0.29) is 18.7 Å². The van der Waals surface area contributed by atoms with E-state index < -0.39 is 22.0 Å². The molecule has 110 valence electrons. The summed E-state index contributed by atoms with van der Waals surface area (Å²) in [5.41, 5.74) is 1.81. The highest BCUT2D eigenvalue weighted by Crippen LogP contribution is 2.26. The highest BCUT2D eigenvalue weighted by Gasteiger charge is 2.38. The van der Waals surface area contributed by atoms with Gasteiger partial charge in [0.25, 0.3) is 0 Å². The second-order valence-corrected chi connectivity index (χ2v) is 7.08. The number of carboxylic acid groups (broad SMARTS) is 1. The molecule has 0 aromatic heterocycles. The number of unbranched alkanes of at least 4 members (excludes halogenated alkanes) is 1. The van der Waals surface area contributed by atoms with Crippen molar-refractivity contribution in [2.45, 2.75) is 38.8 Å². The van der Waals surface area contributed by atoms with Gasteiger partial charge in [0.1, 0.15) is 6.04 Å². The standard InChI is InChI=1S/C14H19NO4S/c1-2-3-8-20(18,19)15-10-12-7-5-4-6-11(12)9-13(15)14(16)17/h4-7,13H,2-3,8-10H2,1H3,(H,16,17)/t13-/m0/s1. The van der Waals surface area contributed by atoms with Gasteiger partial charge in [0.05, 0.1) is 5.75 Å². The first-order chi connectivity index (χ1) is 9.45. The van der Waals surface area contributed by atoms with Crippen LogP contribution < -0.4 is 0 Å². The largest absolute Gasteiger partial charge is 0.480 e. The van der Waals surface area contributed by atoms with Crippen LogP contribution >= 0.6 is 0 Å². The number of hydrogen-bond donors (Lipinski definition) is 1. The molecule has 0 amide bonds. The zero-order chi connectivity index (χ0) is 14.8. The third kappa shape index (κ3) is 3.02. The summed E-state index contributed by atoms with van der Waals surface area (Å²) in [4.78, 5) is 11.4. The van der Waals surface area contributed by atoms with Gasteiger partial charge in [-0.3, -0.25) is 4.79 Å². The van der Waals surface area contributed by atoms with Crippen molar-refractivity contribution in [3.8, 4) is 0 Å². The SMILES string of the molecule is CCCCS(=O)(=O)N1Cc2ccccc2C[C@H]1C(=O)O. The van der Waals surface area contributed by atoms with Crippen molar-refractivity contribution in [1.82, 2.24) is 4.31 Å². The number of fused-ring (bicyclic) bond motifs is 1. The van der Waals surface area contributed by atoms with E-state index in [0.29, 0.717) is 6.42 Å². The van der Waals surface area contributed by atoms with E-state index in [1.54, 1.807) is 0 Å². The predicted molar refractivity (Wildman–Crippen MR) is 75.8 cm³/mol. The Morgan fingerprint density at radius 1 is 1.35 bits per heavy atom. The summed E-state index contributed by atoms with van der Waals surface area (Å²) in [6.45, 7) is 2.06. The Labute approximate surface area is 119 Å². The smallest absolute Gasteiger partial charge is 0.322 e. The molecule has 0 spiro atoms. The van der Waals surface area contributed by atoms with E-state index in [4.69, 9.17) is 0 Å². The van der Waals surface area contributed by atoms with E-state index in [0.717, 1.165) is 21.9 Å². The maximum atomic E-state index is 12.3. The summed E-state index contributed by atoms with van der Waals surface area (Å²) in [5.74, 6) is -1.07. The number of carboxylic acids is 1. The first-order valence-electron chi connectivity index (χ1n) is 6.75. The van der Waals surface area contributed by atoms with E-state index in [2.05, 4.69) is 0 Å². The van der Waals surface area contributed by atoms with Gasteiger partial charge < -0.3 is 5.11 Å². The highest BCUT2D eigenvalue weighted by molar-refractivity contribution is 7.89. The minimum Gasteiger partial charge on any atom is -0.480 e. The Hall–Kier alpha value is -1.40. The van der Waals surface area contributed by atoms with Gasteiger partial charge in [0.2, 0.25) is 10.0 Å². The van der Waals surface area contributed by atoms with Crippen molar-refractivity contribution >= 4 is 16.0 Å². The third-order valence-electron chi connectivity index (χ3n) is 3.60. The Kier molecular flexibility index (Phi) is 4.45. The van der Waals surface area contributed by atoms with Crippen LogP contribution in [0.25, 0.3) is 0 Å². The lowest BCUT2D eigenvalue weighted by Gasteiger charge is -2.33. The third-order valence-corrected chi connectivity index (χ3v) is 5.51. The zero-order valence-electron chi connectivity index (χ0n) is 11.4. The molecule has 0 fully saturated rings. The monoisotopic (exact) mass is 297 g/mol. The molecule has 1 aliphatic heterocycles. The van der Waals surface area contributed by atoms with E-state index in [1.165, 1.54) is 0 Å². The van der Waals surface area contributed by atoms with Crippen LogP contribution in [0.4, 0.5) is 0 Å². The summed E-state index contributed by atoms with van der Waals surface area (Å²) < 4.78 is 25.8. The van der Waals surface area contributed by atoms with Crippen molar-refractivity contribution in [1.29, 1.82) is 0 Å². The van der Waals surface area contributed by atoms with Gasteiger partial charge in [0, 0.05) is 13.0 Å². The Morgan fingerprint density at radius 2 is 2.00 bits per heavy atom. The van der Waals surface area contributed by atoms with E-state index in [1.807, 2.05) is 31.2 Å². The quantitative estimate of drug-likeness (QED) is 0.896. The minimum atomic E-state index is -3.53. The summed E-state index contributed by atoms with van der Waals surface area (Å²) in [7, 11) is -3.53. The van der Waals surface area contributed by atoms with Crippen LogP contribution in [0.3, 0.4) is 0 Å². The molecule has 1 aromatic carbocycles. The van der Waals surface area contributed by atoms with Crippen molar-refractivity contribution in [2.24, 2.45) is 0 Å². The first-order valence-corrected chi connectivity index (χ1v) is 8.35. The van der Waals surface area contributed by atoms with Crippen LogP contribution in [-0.4, -0.2) is 35.6 Å². The normalized spacial score (nSPS) is 19.6. The van der Waals surface area contributed by atoms with Gasteiger partial charge in [-0.2, -0.15) is 4.31 Å². The number of aliphatic carboxylic acids is 1. The fraction of sp³-hybridized carbons (Fsp3) is 0.500. The van der Waals surface area contributed by atoms with Gasteiger partial charge in [-0.1, -0.05) is 37.6 Å². The fourth-order valence-corrected chi connectivity index (χ4v) is 4.22. The number of rotatable bonds is 5. The van der Waals surface area contributed by atoms with Gasteiger partial charge in [-0.15, -0.1) is 0 Å². The molecule has 1 aliphatic rings. The molecule has 1 atom stereocenters.